The van der Waals surface area contributed by atoms with Gasteiger partial charge in [-0.3, -0.25) is 4.79 Å². The maximum atomic E-state index is 12.4. The van der Waals surface area contributed by atoms with Crippen molar-refractivity contribution in [1.29, 1.82) is 0 Å². The number of halogens is 1. The molecule has 0 saturated carbocycles. The quantitative estimate of drug-likeness (QED) is 0.691. The van der Waals surface area contributed by atoms with Crippen LogP contribution < -0.4 is 5.32 Å². The second-order valence-electron chi connectivity index (χ2n) is 6.92. The number of nitrogens with one attached hydrogen (secondary N) is 1. The Bertz CT molecular complexity index is 992. The number of aryl methyl sites for hydroxylation is 3. The number of carbonyl (C=O) groups excluding carboxylic acids is 1. The second kappa shape index (κ2) is 8.52. The molecular formula is C21H24ClN5O. The van der Waals surface area contributed by atoms with E-state index in [0.29, 0.717) is 17.5 Å². The molecule has 7 heteroatoms. The standard InChI is InChI=1S/C21H24ClN5O/c1-13-10-14(2)25-21(24-13)27-16(4)19(15(3)26-27)12-20(28)23-9-8-17-6-5-7-18(22)11-17/h5-7,10-11H,8-9,12H2,1-4H3,(H,23,28). The minimum Gasteiger partial charge on any atom is -0.355 e. The molecule has 1 N–H and O–H groups in total. The van der Waals surface area contributed by atoms with Gasteiger partial charge in [-0.05, 0) is 57.9 Å². The summed E-state index contributed by atoms with van der Waals surface area (Å²) in [5.74, 6) is 0.500. The van der Waals surface area contributed by atoms with Crippen molar-refractivity contribution in [2.75, 3.05) is 6.54 Å². The van der Waals surface area contributed by atoms with Gasteiger partial charge >= 0.3 is 0 Å². The fraction of sp³-hybridized carbons (Fsp3) is 0.333. The van der Waals surface area contributed by atoms with Crippen molar-refractivity contribution in [2.45, 2.75) is 40.5 Å². The third-order valence-corrected chi connectivity index (χ3v) is 4.80. The van der Waals surface area contributed by atoms with E-state index >= 15 is 0 Å². The smallest absolute Gasteiger partial charge is 0.251 e. The number of aromatic nitrogens is 4. The molecule has 1 amide bonds. The normalized spacial score (nSPS) is 10.9. The highest BCUT2D eigenvalue weighted by Crippen LogP contribution is 2.17. The lowest BCUT2D eigenvalue weighted by atomic mass is 10.1. The minimum atomic E-state index is -0.0332. The van der Waals surface area contributed by atoms with Gasteiger partial charge in [-0.25, -0.2) is 14.6 Å². The van der Waals surface area contributed by atoms with Gasteiger partial charge in [0.15, 0.2) is 0 Å². The summed E-state index contributed by atoms with van der Waals surface area (Å²) in [6.07, 6.45) is 1.01. The number of carbonyl (C=O) groups is 1. The van der Waals surface area contributed by atoms with E-state index in [9.17, 15) is 4.79 Å². The van der Waals surface area contributed by atoms with E-state index in [2.05, 4.69) is 20.4 Å². The summed E-state index contributed by atoms with van der Waals surface area (Å²) < 4.78 is 1.71. The Balaban J connectivity index is 1.67. The zero-order valence-electron chi connectivity index (χ0n) is 16.6. The summed E-state index contributed by atoms with van der Waals surface area (Å²) in [6.45, 7) is 8.26. The first-order valence-corrected chi connectivity index (χ1v) is 9.60. The molecule has 2 heterocycles. The molecule has 1 aromatic carbocycles. The molecule has 3 rings (SSSR count). The van der Waals surface area contributed by atoms with Crippen LogP contribution in [0, 0.1) is 27.7 Å². The molecule has 0 saturated heterocycles. The number of hydrogen-bond acceptors (Lipinski definition) is 4. The summed E-state index contributed by atoms with van der Waals surface area (Å²) >= 11 is 5.99. The summed E-state index contributed by atoms with van der Waals surface area (Å²) in [7, 11) is 0. The van der Waals surface area contributed by atoms with Crippen molar-refractivity contribution in [3.63, 3.8) is 0 Å². The van der Waals surface area contributed by atoms with Crippen molar-refractivity contribution in [3.05, 3.63) is 69.3 Å². The first-order chi connectivity index (χ1) is 13.3. The third-order valence-electron chi connectivity index (χ3n) is 4.56. The van der Waals surface area contributed by atoms with Gasteiger partial charge in [0.25, 0.3) is 5.95 Å². The zero-order chi connectivity index (χ0) is 20.3. The molecule has 0 atom stereocenters. The number of hydrogen-bond donors (Lipinski definition) is 1. The predicted octanol–water partition coefficient (Wildman–Crippen LogP) is 3.45. The van der Waals surface area contributed by atoms with E-state index in [1.54, 1.807) is 4.68 Å². The van der Waals surface area contributed by atoms with Gasteiger partial charge in [0.1, 0.15) is 0 Å². The molecular weight excluding hydrogens is 374 g/mol. The SMILES string of the molecule is Cc1cc(C)nc(-n2nc(C)c(CC(=O)NCCc3cccc(Cl)c3)c2C)n1. The third kappa shape index (κ3) is 4.75. The van der Waals surface area contributed by atoms with Crippen LogP contribution in [0.1, 0.15) is 33.9 Å². The zero-order valence-corrected chi connectivity index (χ0v) is 17.3. The maximum absolute atomic E-state index is 12.4. The van der Waals surface area contributed by atoms with Gasteiger partial charge < -0.3 is 5.32 Å². The highest BCUT2D eigenvalue weighted by atomic mass is 35.5. The van der Waals surface area contributed by atoms with Crippen LogP contribution in [-0.2, 0) is 17.6 Å². The van der Waals surface area contributed by atoms with Gasteiger partial charge in [0, 0.05) is 34.2 Å². The van der Waals surface area contributed by atoms with Crippen LogP contribution in [-0.4, -0.2) is 32.2 Å². The Kier molecular flexibility index (Phi) is 6.09. The Labute approximate surface area is 170 Å². The molecule has 6 nitrogen and oxygen atoms in total. The van der Waals surface area contributed by atoms with Crippen LogP contribution in [0.15, 0.2) is 30.3 Å². The van der Waals surface area contributed by atoms with Crippen molar-refractivity contribution >= 4 is 17.5 Å². The second-order valence-corrected chi connectivity index (χ2v) is 7.35. The van der Waals surface area contributed by atoms with Crippen LogP contribution >= 0.6 is 11.6 Å². The van der Waals surface area contributed by atoms with Gasteiger partial charge in [-0.2, -0.15) is 5.10 Å². The Hall–Kier alpha value is -2.73. The molecule has 0 spiro atoms. The van der Waals surface area contributed by atoms with Crippen LogP contribution in [0.4, 0.5) is 0 Å². The first kappa shape index (κ1) is 20.0. The summed E-state index contributed by atoms with van der Waals surface area (Å²) in [5, 5.41) is 8.23. The van der Waals surface area contributed by atoms with Crippen LogP contribution in [0.25, 0.3) is 5.95 Å². The van der Waals surface area contributed by atoms with Crippen LogP contribution in [0.2, 0.25) is 5.02 Å². The highest BCUT2D eigenvalue weighted by molar-refractivity contribution is 6.30. The van der Waals surface area contributed by atoms with Gasteiger partial charge in [-0.1, -0.05) is 23.7 Å². The van der Waals surface area contributed by atoms with Crippen molar-refractivity contribution in [1.82, 2.24) is 25.1 Å². The lowest BCUT2D eigenvalue weighted by Gasteiger charge is -2.07. The van der Waals surface area contributed by atoms with E-state index < -0.39 is 0 Å². The van der Waals surface area contributed by atoms with Crippen LogP contribution in [0.5, 0.6) is 0 Å². The van der Waals surface area contributed by atoms with E-state index in [4.69, 9.17) is 11.6 Å². The average Bonchev–Trinajstić information content (AvgIpc) is 2.89. The van der Waals surface area contributed by atoms with E-state index in [1.807, 2.05) is 58.0 Å². The molecule has 0 aliphatic rings. The van der Waals surface area contributed by atoms with Crippen molar-refractivity contribution in [3.8, 4) is 5.95 Å². The number of nitrogens with zero attached hydrogens (tertiary/aromatic N) is 4. The molecule has 0 bridgehead atoms. The highest BCUT2D eigenvalue weighted by Gasteiger charge is 2.17. The number of amides is 1. The van der Waals surface area contributed by atoms with E-state index in [0.717, 1.165) is 40.3 Å². The first-order valence-electron chi connectivity index (χ1n) is 9.22. The van der Waals surface area contributed by atoms with Gasteiger partial charge in [-0.15, -0.1) is 0 Å². The van der Waals surface area contributed by atoms with Gasteiger partial charge in [0.05, 0.1) is 12.1 Å². The molecule has 0 aliphatic carbocycles. The Morgan fingerprint density at radius 2 is 1.82 bits per heavy atom. The largest absolute Gasteiger partial charge is 0.355 e. The van der Waals surface area contributed by atoms with E-state index in [1.165, 1.54) is 0 Å². The fourth-order valence-electron chi connectivity index (χ4n) is 3.19. The van der Waals surface area contributed by atoms with E-state index in [-0.39, 0.29) is 12.3 Å². The molecule has 0 radical (unpaired) electrons. The summed E-state index contributed by atoms with van der Waals surface area (Å²) in [5.41, 5.74) is 5.46. The molecule has 0 fully saturated rings. The van der Waals surface area contributed by atoms with Crippen molar-refractivity contribution < 1.29 is 4.79 Å². The lowest BCUT2D eigenvalue weighted by molar-refractivity contribution is -0.120. The summed E-state index contributed by atoms with van der Waals surface area (Å²) in [6, 6.07) is 9.58. The molecule has 0 unspecified atom stereocenters. The van der Waals surface area contributed by atoms with Gasteiger partial charge in [0.2, 0.25) is 5.91 Å². The van der Waals surface area contributed by atoms with Crippen molar-refractivity contribution in [2.24, 2.45) is 0 Å². The molecule has 28 heavy (non-hydrogen) atoms. The average molecular weight is 398 g/mol. The Morgan fingerprint density at radius 1 is 1.11 bits per heavy atom. The fourth-order valence-corrected chi connectivity index (χ4v) is 3.40. The molecule has 2 aromatic heterocycles. The maximum Gasteiger partial charge on any atom is 0.251 e. The number of benzene rings is 1. The Morgan fingerprint density at radius 3 is 2.50 bits per heavy atom. The molecule has 0 aliphatic heterocycles. The minimum absolute atomic E-state index is 0.0332. The number of rotatable bonds is 6. The summed E-state index contributed by atoms with van der Waals surface area (Å²) in [4.78, 5) is 21.4. The monoisotopic (exact) mass is 397 g/mol. The topological polar surface area (TPSA) is 72.7 Å². The van der Waals surface area contributed by atoms with Crippen LogP contribution in [0.3, 0.4) is 0 Å². The molecule has 3 aromatic rings. The molecule has 146 valence electrons. The predicted molar refractivity (Wildman–Crippen MR) is 110 cm³/mol. The lowest BCUT2D eigenvalue weighted by Crippen LogP contribution is -2.27.